The van der Waals surface area contributed by atoms with Crippen molar-refractivity contribution in [2.75, 3.05) is 9.80 Å². The largest absolute Gasteiger partial charge is 0.453 e. The number of anilines is 6. The molecule has 0 radical (unpaired) electrons. The molecule has 2 aliphatic heterocycles. The molecule has 0 aliphatic carbocycles. The summed E-state index contributed by atoms with van der Waals surface area (Å²) < 4.78 is 20.9. The number of nitrogens with zero attached hydrogens (tertiary/aromatic N) is 3. The number of benzene rings is 10. The highest BCUT2D eigenvalue weighted by molar-refractivity contribution is 9.10. The average Bonchev–Trinajstić information content (AvgIpc) is 4.26. The molecule has 6 nitrogen and oxygen atoms in total. The van der Waals surface area contributed by atoms with Gasteiger partial charge < -0.3 is 28.8 Å². The van der Waals surface area contributed by atoms with Crippen LogP contribution in [-0.2, 0) is 0 Å². The lowest BCUT2D eigenvalue weighted by atomic mass is 10.1. The van der Waals surface area contributed by atoms with Gasteiger partial charge in [-0.15, -0.1) is 22.7 Å². The molecule has 0 unspecified atom stereocenters. The van der Waals surface area contributed by atoms with E-state index < -0.39 is 0 Å². The molecule has 0 bridgehead atoms. The maximum Gasteiger partial charge on any atom is 0.151 e. The summed E-state index contributed by atoms with van der Waals surface area (Å²) in [4.78, 5) is 7.76. The summed E-state index contributed by atoms with van der Waals surface area (Å²) in [5.41, 5.74) is 10.0. The van der Waals surface area contributed by atoms with Crippen LogP contribution in [0, 0.1) is 0 Å². The SMILES string of the molecule is Brc1ccc(N2c3ccccc3Oc3ccccc32)cc1.c1ccc2c(c1)Oc1ccccc1N2c1ccc(-n2ccc3cc4c(cc32)sc2ccccc24)cc1.c1ccc2c(c1)sc1cc3[nH]ccc3cc12. The number of nitrogens with one attached hydrogen (secondary N) is 1. The standard InChI is InChI=1S/C32H20N2OS.C18H12BrNO.C14H9NS/c1-6-12-31-24(7-1)25-19-21-17-18-33(28(21)20-32(25)36-31)22-13-15-23(16-14-22)34-26-8-2-4-10-29(26)35-30-11-5-3-9-27(30)34;19-13-9-11-14(12-10-13)20-15-5-1-3-7-17(15)21-18-8-4-2-6-16(18)20;1-2-4-13-10(3-1)11-7-9-5-6-15-12(9)8-14(11)16-13/h1-20H;1-12H;1-8,15H. The minimum absolute atomic E-state index is 0.865. The highest BCUT2D eigenvalue weighted by Crippen LogP contribution is 2.52. The summed E-state index contributed by atoms with van der Waals surface area (Å²) in [6, 6.07) is 80.5. The molecule has 0 saturated heterocycles. The average molecular weight is 1040 g/mol. The van der Waals surface area contributed by atoms with Gasteiger partial charge in [-0.3, -0.25) is 0 Å². The number of hydrogen-bond donors (Lipinski definition) is 1. The van der Waals surface area contributed by atoms with Gasteiger partial charge in [-0.05, 0) is 146 Å². The van der Waals surface area contributed by atoms with E-state index in [1.165, 1.54) is 62.2 Å². The third kappa shape index (κ3) is 7.68. The Morgan fingerprint density at radius 3 is 1.34 bits per heavy atom. The van der Waals surface area contributed by atoms with Crippen LogP contribution < -0.4 is 19.3 Å². The summed E-state index contributed by atoms with van der Waals surface area (Å²) in [5, 5.41) is 7.95. The van der Waals surface area contributed by atoms with Crippen molar-refractivity contribution in [3.63, 3.8) is 0 Å². The molecular weight excluding hydrogens is 1000 g/mol. The first-order valence-electron chi connectivity index (χ1n) is 24.1. The molecule has 73 heavy (non-hydrogen) atoms. The second-order valence-electron chi connectivity index (χ2n) is 17.9. The molecule has 348 valence electrons. The molecule has 16 rings (SSSR count). The minimum atomic E-state index is 0.865. The van der Waals surface area contributed by atoms with Crippen LogP contribution in [0.25, 0.3) is 67.8 Å². The van der Waals surface area contributed by atoms with E-state index in [4.69, 9.17) is 9.47 Å². The predicted molar refractivity (Wildman–Crippen MR) is 311 cm³/mol. The van der Waals surface area contributed by atoms with Crippen molar-refractivity contribution in [3.8, 4) is 28.7 Å². The van der Waals surface area contributed by atoms with E-state index in [1.54, 1.807) is 0 Å². The van der Waals surface area contributed by atoms with Crippen LogP contribution in [0.3, 0.4) is 0 Å². The van der Waals surface area contributed by atoms with Crippen molar-refractivity contribution >= 4 is 135 Å². The molecule has 10 aromatic carbocycles. The summed E-state index contributed by atoms with van der Waals surface area (Å²) >= 11 is 7.21. The Bertz CT molecular complexity index is 4290. The first kappa shape index (κ1) is 43.2. The Kier molecular flexibility index (Phi) is 10.6. The van der Waals surface area contributed by atoms with Gasteiger partial charge in [0.2, 0.25) is 0 Å². The lowest BCUT2D eigenvalue weighted by molar-refractivity contribution is 0.477. The van der Waals surface area contributed by atoms with Crippen molar-refractivity contribution in [3.05, 3.63) is 247 Å². The van der Waals surface area contributed by atoms with Crippen LogP contribution in [0.5, 0.6) is 23.0 Å². The van der Waals surface area contributed by atoms with Gasteiger partial charge in [0.05, 0.1) is 28.3 Å². The normalized spacial score (nSPS) is 12.3. The molecule has 6 heterocycles. The van der Waals surface area contributed by atoms with E-state index in [2.05, 4.69) is 211 Å². The molecule has 4 aromatic heterocycles. The van der Waals surface area contributed by atoms with E-state index >= 15 is 0 Å². The quantitative estimate of drug-likeness (QED) is 0.192. The number of aromatic nitrogens is 2. The fourth-order valence-corrected chi connectivity index (χ4v) is 12.7. The third-order valence-electron chi connectivity index (χ3n) is 13.6. The predicted octanol–water partition coefficient (Wildman–Crippen LogP) is 20.1. The van der Waals surface area contributed by atoms with Crippen LogP contribution in [0.2, 0.25) is 0 Å². The fraction of sp³-hybridized carbons (Fsp3) is 0. The molecule has 1 N–H and O–H groups in total. The number of H-pyrrole nitrogens is 1. The van der Waals surface area contributed by atoms with Crippen molar-refractivity contribution < 1.29 is 9.47 Å². The van der Waals surface area contributed by atoms with Gasteiger partial charge in [0.1, 0.15) is 0 Å². The summed E-state index contributed by atoms with van der Waals surface area (Å²) in [6.07, 6.45) is 4.17. The number of para-hydroxylation sites is 8. The highest BCUT2D eigenvalue weighted by Gasteiger charge is 2.26. The third-order valence-corrected chi connectivity index (χ3v) is 16.4. The molecule has 0 spiro atoms. The minimum Gasteiger partial charge on any atom is -0.453 e. The summed E-state index contributed by atoms with van der Waals surface area (Å²) in [5.74, 6) is 3.48. The topological polar surface area (TPSA) is 45.7 Å². The van der Waals surface area contributed by atoms with Crippen LogP contribution in [0.4, 0.5) is 34.1 Å². The van der Waals surface area contributed by atoms with Gasteiger partial charge in [-0.2, -0.15) is 0 Å². The van der Waals surface area contributed by atoms with Crippen molar-refractivity contribution in [2.24, 2.45) is 0 Å². The molecule has 9 heteroatoms. The maximum atomic E-state index is 6.17. The zero-order valence-corrected chi connectivity index (χ0v) is 42.2. The zero-order valence-electron chi connectivity index (χ0n) is 38.9. The molecular formula is C64H41BrN4O2S2. The number of thiophene rings is 2. The molecule has 14 aromatic rings. The smallest absolute Gasteiger partial charge is 0.151 e. The number of hydrogen-bond acceptors (Lipinski definition) is 6. The Hall–Kier alpha value is -8.60. The van der Waals surface area contributed by atoms with Crippen molar-refractivity contribution in [2.45, 2.75) is 0 Å². The van der Waals surface area contributed by atoms with Crippen LogP contribution >= 0.6 is 38.6 Å². The lowest BCUT2D eigenvalue weighted by Crippen LogP contribution is -2.15. The summed E-state index contributed by atoms with van der Waals surface area (Å²) in [6.45, 7) is 0. The molecule has 0 amide bonds. The van der Waals surface area contributed by atoms with E-state index in [-0.39, 0.29) is 0 Å². The molecule has 2 aliphatic rings. The number of aromatic amines is 1. The molecule has 0 atom stereocenters. The van der Waals surface area contributed by atoms with Gasteiger partial charge in [0, 0.05) is 90.6 Å². The highest BCUT2D eigenvalue weighted by atomic mass is 79.9. The van der Waals surface area contributed by atoms with Crippen molar-refractivity contribution in [1.29, 1.82) is 0 Å². The van der Waals surface area contributed by atoms with Crippen LogP contribution in [-0.4, -0.2) is 9.55 Å². The number of rotatable bonds is 3. The number of halogens is 1. The maximum absolute atomic E-state index is 6.17. The monoisotopic (exact) mass is 1040 g/mol. The second kappa shape index (κ2) is 17.9. The first-order valence-corrected chi connectivity index (χ1v) is 26.5. The van der Waals surface area contributed by atoms with E-state index in [0.717, 1.165) is 67.3 Å². The van der Waals surface area contributed by atoms with Crippen LogP contribution in [0.15, 0.2) is 247 Å². The lowest BCUT2D eigenvalue weighted by Gasteiger charge is -2.32. The van der Waals surface area contributed by atoms with Gasteiger partial charge in [-0.25, -0.2) is 0 Å². The van der Waals surface area contributed by atoms with E-state index in [9.17, 15) is 0 Å². The Labute approximate surface area is 436 Å². The number of fused-ring (bicyclic) bond motifs is 12. The van der Waals surface area contributed by atoms with E-state index in [1.807, 2.05) is 89.5 Å². The van der Waals surface area contributed by atoms with Crippen LogP contribution in [0.1, 0.15) is 0 Å². The zero-order chi connectivity index (χ0) is 48.4. The molecule has 0 saturated carbocycles. The van der Waals surface area contributed by atoms with Gasteiger partial charge in [0.25, 0.3) is 0 Å². The number of ether oxygens (including phenoxy) is 2. The Morgan fingerprint density at radius 1 is 0.370 bits per heavy atom. The van der Waals surface area contributed by atoms with E-state index in [0.29, 0.717) is 0 Å². The van der Waals surface area contributed by atoms with Crippen molar-refractivity contribution in [1.82, 2.24) is 9.55 Å². The van der Waals surface area contributed by atoms with Gasteiger partial charge >= 0.3 is 0 Å². The Balaban J connectivity index is 0.000000112. The Morgan fingerprint density at radius 2 is 0.808 bits per heavy atom. The summed E-state index contributed by atoms with van der Waals surface area (Å²) in [7, 11) is 0. The fourth-order valence-electron chi connectivity index (χ4n) is 10.2. The van der Waals surface area contributed by atoms with Gasteiger partial charge in [0.15, 0.2) is 23.0 Å². The second-order valence-corrected chi connectivity index (χ2v) is 21.0. The molecule has 0 fully saturated rings. The van der Waals surface area contributed by atoms with Gasteiger partial charge in [-0.1, -0.05) is 101 Å². The first-order chi connectivity index (χ1) is 36.1.